The van der Waals surface area contributed by atoms with Crippen LogP contribution in [0.3, 0.4) is 0 Å². The van der Waals surface area contributed by atoms with E-state index in [1.807, 2.05) is 12.1 Å². The third kappa shape index (κ3) is 3.57. The molecule has 0 aromatic heterocycles. The molecule has 0 saturated carbocycles. The summed E-state index contributed by atoms with van der Waals surface area (Å²) in [6.07, 6.45) is 3.86. The number of benzene rings is 1. The largest absolute Gasteiger partial charge is 0.478 e. The highest BCUT2D eigenvalue weighted by Gasteiger charge is 2.24. The minimum Gasteiger partial charge on any atom is -0.478 e. The van der Waals surface area contributed by atoms with Crippen LogP contribution < -0.4 is 0 Å². The van der Waals surface area contributed by atoms with Crippen molar-refractivity contribution in [3.63, 3.8) is 0 Å². The van der Waals surface area contributed by atoms with Gasteiger partial charge in [-0.25, -0.2) is 4.79 Å². The molecule has 0 amide bonds. The molecular formula is C16H23NO2. The number of carboxylic acids is 1. The molecule has 1 aromatic rings. The second kappa shape index (κ2) is 6.20. The first-order valence-corrected chi connectivity index (χ1v) is 7.16. The highest BCUT2D eigenvalue weighted by Crippen LogP contribution is 2.25. The summed E-state index contributed by atoms with van der Waals surface area (Å²) in [6, 6.07) is 7.90. The molecule has 0 aliphatic carbocycles. The molecule has 0 unspecified atom stereocenters. The van der Waals surface area contributed by atoms with E-state index in [0.29, 0.717) is 11.6 Å². The average molecular weight is 261 g/mol. The summed E-state index contributed by atoms with van der Waals surface area (Å²) in [7, 11) is 0. The van der Waals surface area contributed by atoms with Crippen LogP contribution in [0.25, 0.3) is 0 Å². The van der Waals surface area contributed by atoms with E-state index in [1.165, 1.54) is 31.4 Å². The quantitative estimate of drug-likeness (QED) is 0.903. The maximum Gasteiger partial charge on any atom is 0.335 e. The van der Waals surface area contributed by atoms with E-state index < -0.39 is 5.97 Å². The van der Waals surface area contributed by atoms with Crippen LogP contribution in [0.15, 0.2) is 24.3 Å². The van der Waals surface area contributed by atoms with Crippen molar-refractivity contribution < 1.29 is 9.90 Å². The lowest BCUT2D eigenvalue weighted by molar-refractivity contribution is 0.0697. The molecule has 3 nitrogen and oxygen atoms in total. The second-order valence-corrected chi connectivity index (χ2v) is 5.63. The second-order valence-electron chi connectivity index (χ2n) is 5.63. The molecule has 104 valence electrons. The van der Waals surface area contributed by atoms with Crippen molar-refractivity contribution in [2.24, 2.45) is 5.92 Å². The summed E-state index contributed by atoms with van der Waals surface area (Å²) in [5.74, 6) is -0.0431. The Balaban J connectivity index is 2.01. The Hall–Kier alpha value is -1.35. The summed E-state index contributed by atoms with van der Waals surface area (Å²) in [5.41, 5.74) is 1.57. The molecule has 0 radical (unpaired) electrons. The van der Waals surface area contributed by atoms with Gasteiger partial charge in [0, 0.05) is 19.1 Å². The zero-order valence-corrected chi connectivity index (χ0v) is 11.8. The number of hydrogen-bond acceptors (Lipinski definition) is 2. The fraction of sp³-hybridized carbons (Fsp3) is 0.562. The zero-order chi connectivity index (χ0) is 13.8. The molecule has 1 aliphatic heterocycles. The van der Waals surface area contributed by atoms with Crippen LogP contribution in [0.2, 0.25) is 0 Å². The zero-order valence-electron chi connectivity index (χ0n) is 11.8. The third-order valence-electron chi connectivity index (χ3n) is 4.27. The number of nitrogens with zero attached hydrogens (tertiary/aromatic N) is 1. The highest BCUT2D eigenvalue weighted by atomic mass is 16.4. The van der Waals surface area contributed by atoms with Gasteiger partial charge in [-0.3, -0.25) is 4.90 Å². The number of likely N-dealkylation sites (tertiary alicyclic amines) is 1. The monoisotopic (exact) mass is 261 g/mol. The molecule has 1 saturated heterocycles. The van der Waals surface area contributed by atoms with Crippen LogP contribution in [-0.4, -0.2) is 28.6 Å². The number of piperidine rings is 1. The number of carboxylic acid groups (broad SMARTS) is 1. The Morgan fingerprint density at radius 1 is 1.32 bits per heavy atom. The van der Waals surface area contributed by atoms with E-state index in [9.17, 15) is 4.79 Å². The SMILES string of the molecule is CC[C@@H]1CC[C@H](C)N(Cc2ccc(C(=O)O)cc2)C1. The smallest absolute Gasteiger partial charge is 0.335 e. The van der Waals surface area contributed by atoms with E-state index in [0.717, 1.165) is 12.5 Å². The molecular weight excluding hydrogens is 238 g/mol. The first kappa shape index (κ1) is 14.1. The summed E-state index contributed by atoms with van der Waals surface area (Å²) in [4.78, 5) is 13.3. The predicted molar refractivity (Wildman–Crippen MR) is 76.3 cm³/mol. The van der Waals surface area contributed by atoms with E-state index >= 15 is 0 Å². The van der Waals surface area contributed by atoms with Gasteiger partial charge in [-0.15, -0.1) is 0 Å². The van der Waals surface area contributed by atoms with Gasteiger partial charge < -0.3 is 5.11 Å². The van der Waals surface area contributed by atoms with Crippen LogP contribution in [0.1, 0.15) is 49.0 Å². The van der Waals surface area contributed by atoms with Crippen LogP contribution >= 0.6 is 0 Å². The van der Waals surface area contributed by atoms with Gasteiger partial charge in [-0.2, -0.15) is 0 Å². The highest BCUT2D eigenvalue weighted by molar-refractivity contribution is 5.87. The Morgan fingerprint density at radius 3 is 2.58 bits per heavy atom. The normalized spacial score (nSPS) is 24.3. The molecule has 0 bridgehead atoms. The topological polar surface area (TPSA) is 40.5 Å². The lowest BCUT2D eigenvalue weighted by atomic mass is 9.91. The Bertz CT molecular complexity index is 427. The van der Waals surface area contributed by atoms with Gasteiger partial charge >= 0.3 is 5.97 Å². The summed E-state index contributed by atoms with van der Waals surface area (Å²) >= 11 is 0. The standard InChI is InChI=1S/C16H23NO2/c1-3-13-5-4-12(2)17(10-13)11-14-6-8-15(9-7-14)16(18)19/h6-9,12-13H,3-5,10-11H2,1-2H3,(H,18,19)/t12-,13+/m0/s1. The maximum atomic E-state index is 10.8. The molecule has 1 heterocycles. The van der Waals surface area contributed by atoms with Gasteiger partial charge in [0.15, 0.2) is 0 Å². The third-order valence-corrected chi connectivity index (χ3v) is 4.27. The van der Waals surface area contributed by atoms with Gasteiger partial charge in [0.25, 0.3) is 0 Å². The lowest BCUT2D eigenvalue weighted by Gasteiger charge is -2.37. The van der Waals surface area contributed by atoms with Crippen molar-refractivity contribution in [1.29, 1.82) is 0 Å². The minimum atomic E-state index is -0.857. The van der Waals surface area contributed by atoms with Gasteiger partial charge in [0.1, 0.15) is 0 Å². The molecule has 1 N–H and O–H groups in total. The van der Waals surface area contributed by atoms with Crippen molar-refractivity contribution in [3.05, 3.63) is 35.4 Å². The predicted octanol–water partition coefficient (Wildman–Crippen LogP) is 3.40. The molecule has 1 aliphatic rings. The summed E-state index contributed by atoms with van der Waals surface area (Å²) < 4.78 is 0. The van der Waals surface area contributed by atoms with E-state index in [4.69, 9.17) is 5.11 Å². The fourth-order valence-electron chi connectivity index (χ4n) is 2.80. The van der Waals surface area contributed by atoms with Crippen LogP contribution in [-0.2, 0) is 6.54 Å². The number of carbonyl (C=O) groups is 1. The van der Waals surface area contributed by atoms with Crippen molar-refractivity contribution in [2.45, 2.75) is 45.7 Å². The molecule has 1 fully saturated rings. The summed E-state index contributed by atoms with van der Waals surface area (Å²) in [6.45, 7) is 6.65. The van der Waals surface area contributed by atoms with E-state index in [2.05, 4.69) is 18.7 Å². The van der Waals surface area contributed by atoms with Crippen LogP contribution in [0.5, 0.6) is 0 Å². The van der Waals surface area contributed by atoms with Gasteiger partial charge in [0.2, 0.25) is 0 Å². The number of aromatic carboxylic acids is 1. The van der Waals surface area contributed by atoms with Crippen molar-refractivity contribution >= 4 is 5.97 Å². The van der Waals surface area contributed by atoms with Crippen LogP contribution in [0.4, 0.5) is 0 Å². The van der Waals surface area contributed by atoms with E-state index in [-0.39, 0.29) is 0 Å². The van der Waals surface area contributed by atoms with Crippen molar-refractivity contribution in [3.8, 4) is 0 Å². The Labute approximate surface area is 115 Å². The molecule has 3 heteroatoms. The van der Waals surface area contributed by atoms with E-state index in [1.54, 1.807) is 12.1 Å². The van der Waals surface area contributed by atoms with Crippen molar-refractivity contribution in [1.82, 2.24) is 4.90 Å². The fourth-order valence-corrected chi connectivity index (χ4v) is 2.80. The van der Waals surface area contributed by atoms with Gasteiger partial charge in [-0.1, -0.05) is 25.5 Å². The molecule has 1 aromatic carbocycles. The van der Waals surface area contributed by atoms with Crippen LogP contribution in [0, 0.1) is 5.92 Å². The average Bonchev–Trinajstić information content (AvgIpc) is 2.42. The summed E-state index contributed by atoms with van der Waals surface area (Å²) in [5, 5.41) is 8.90. The number of rotatable bonds is 4. The molecule has 19 heavy (non-hydrogen) atoms. The first-order chi connectivity index (χ1) is 9.10. The van der Waals surface area contributed by atoms with Crippen molar-refractivity contribution in [2.75, 3.05) is 6.54 Å². The van der Waals surface area contributed by atoms with Gasteiger partial charge in [-0.05, 0) is 43.4 Å². The Morgan fingerprint density at radius 2 is 2.00 bits per heavy atom. The molecule has 2 atom stereocenters. The van der Waals surface area contributed by atoms with Gasteiger partial charge in [0.05, 0.1) is 5.56 Å². The molecule has 0 spiro atoms. The lowest BCUT2D eigenvalue weighted by Crippen LogP contribution is -2.40. The molecule has 2 rings (SSSR count). The maximum absolute atomic E-state index is 10.8. The number of hydrogen-bond donors (Lipinski definition) is 1. The first-order valence-electron chi connectivity index (χ1n) is 7.16. The Kier molecular flexibility index (Phi) is 4.59. The minimum absolute atomic E-state index is 0.363.